The summed E-state index contributed by atoms with van der Waals surface area (Å²) in [7, 11) is 0. The van der Waals surface area contributed by atoms with E-state index in [1.54, 1.807) is 24.3 Å². The molecular weight excluding hydrogens is 340 g/mol. The normalized spacial score (nSPS) is 10.1. The van der Waals surface area contributed by atoms with Crippen LogP contribution in [0.5, 0.6) is 0 Å². The van der Waals surface area contributed by atoms with Crippen molar-refractivity contribution >= 4 is 40.3 Å². The van der Waals surface area contributed by atoms with Gasteiger partial charge >= 0.3 is 11.8 Å². The van der Waals surface area contributed by atoms with Crippen LogP contribution in [-0.4, -0.2) is 11.8 Å². The first kappa shape index (κ1) is 18.0. The molecule has 27 heavy (non-hydrogen) atoms. The molecular formula is C21H20N4O2. The molecule has 3 aromatic rings. The lowest BCUT2D eigenvalue weighted by molar-refractivity contribution is -0.132. The first-order valence-corrected chi connectivity index (χ1v) is 8.42. The zero-order valence-electron chi connectivity index (χ0n) is 14.8. The van der Waals surface area contributed by atoms with E-state index >= 15 is 0 Å². The predicted molar refractivity (Wildman–Crippen MR) is 109 cm³/mol. The largest absolute Gasteiger partial charge is 0.397 e. The minimum atomic E-state index is -0.779. The van der Waals surface area contributed by atoms with Crippen LogP contribution in [0.15, 0.2) is 72.8 Å². The Morgan fingerprint density at radius 3 is 2.04 bits per heavy atom. The van der Waals surface area contributed by atoms with E-state index in [9.17, 15) is 9.59 Å². The number of carbonyl (C=O) groups excluding carboxylic acids is 2. The molecule has 0 saturated heterocycles. The number of nitrogen functional groups attached to an aromatic ring is 1. The van der Waals surface area contributed by atoms with Gasteiger partial charge in [0, 0.05) is 17.1 Å². The van der Waals surface area contributed by atoms with E-state index in [0.29, 0.717) is 17.1 Å². The number of anilines is 5. The topological polar surface area (TPSA) is 96.2 Å². The molecule has 0 aliphatic heterocycles. The van der Waals surface area contributed by atoms with Crippen LogP contribution < -0.4 is 21.7 Å². The van der Waals surface area contributed by atoms with Crippen molar-refractivity contribution in [3.8, 4) is 0 Å². The zero-order valence-corrected chi connectivity index (χ0v) is 14.8. The van der Waals surface area contributed by atoms with Crippen molar-refractivity contribution in [2.75, 3.05) is 21.7 Å². The van der Waals surface area contributed by atoms with Gasteiger partial charge in [-0.15, -0.1) is 0 Å². The smallest absolute Gasteiger partial charge is 0.314 e. The molecule has 3 rings (SSSR count). The van der Waals surface area contributed by atoms with Crippen LogP contribution in [0.1, 0.15) is 5.56 Å². The summed E-state index contributed by atoms with van der Waals surface area (Å²) in [6, 6.07) is 22.0. The van der Waals surface area contributed by atoms with Gasteiger partial charge in [0.1, 0.15) is 0 Å². The van der Waals surface area contributed by atoms with Gasteiger partial charge in [0.05, 0.1) is 11.4 Å². The van der Waals surface area contributed by atoms with E-state index in [-0.39, 0.29) is 0 Å². The van der Waals surface area contributed by atoms with Crippen LogP contribution in [0.25, 0.3) is 0 Å². The number of benzene rings is 3. The van der Waals surface area contributed by atoms with Gasteiger partial charge in [-0.2, -0.15) is 0 Å². The summed E-state index contributed by atoms with van der Waals surface area (Å²) in [6.45, 7) is 1.88. The quantitative estimate of drug-likeness (QED) is 0.419. The summed E-state index contributed by atoms with van der Waals surface area (Å²) in [4.78, 5) is 24.2. The number of carbonyl (C=O) groups is 2. The zero-order chi connectivity index (χ0) is 19.2. The second-order valence-electron chi connectivity index (χ2n) is 6.07. The van der Waals surface area contributed by atoms with Crippen LogP contribution in [0.4, 0.5) is 28.4 Å². The molecule has 0 fully saturated rings. The van der Waals surface area contributed by atoms with Crippen molar-refractivity contribution in [3.05, 3.63) is 78.4 Å². The number of rotatable bonds is 4. The van der Waals surface area contributed by atoms with E-state index in [1.807, 2.05) is 55.5 Å². The van der Waals surface area contributed by atoms with Crippen molar-refractivity contribution in [2.45, 2.75) is 6.92 Å². The minimum Gasteiger partial charge on any atom is -0.397 e. The maximum Gasteiger partial charge on any atom is 0.314 e. The predicted octanol–water partition coefficient (Wildman–Crippen LogP) is 3.90. The fourth-order valence-corrected chi connectivity index (χ4v) is 2.47. The summed E-state index contributed by atoms with van der Waals surface area (Å²) in [5, 5.41) is 8.34. The molecule has 0 saturated carbocycles. The van der Waals surface area contributed by atoms with Gasteiger partial charge in [-0.3, -0.25) is 9.59 Å². The fourth-order valence-electron chi connectivity index (χ4n) is 2.47. The van der Waals surface area contributed by atoms with Gasteiger partial charge in [0.15, 0.2) is 0 Å². The van der Waals surface area contributed by atoms with Crippen molar-refractivity contribution < 1.29 is 9.59 Å². The maximum atomic E-state index is 12.1. The summed E-state index contributed by atoms with van der Waals surface area (Å²) < 4.78 is 0. The Hall–Kier alpha value is -3.80. The number of aryl methyl sites for hydroxylation is 1. The first-order chi connectivity index (χ1) is 13.0. The van der Waals surface area contributed by atoms with Crippen LogP contribution in [0.2, 0.25) is 0 Å². The molecule has 5 N–H and O–H groups in total. The SMILES string of the molecule is Cc1ccc(N)c(NC(=O)C(=O)Nc2ccc(Nc3ccccc3)cc2)c1. The van der Waals surface area contributed by atoms with E-state index in [4.69, 9.17) is 5.73 Å². The van der Waals surface area contributed by atoms with Gasteiger partial charge < -0.3 is 21.7 Å². The Morgan fingerprint density at radius 1 is 0.741 bits per heavy atom. The Labute approximate surface area is 157 Å². The van der Waals surface area contributed by atoms with Crippen molar-refractivity contribution in [3.63, 3.8) is 0 Å². The van der Waals surface area contributed by atoms with E-state index in [1.165, 1.54) is 0 Å². The van der Waals surface area contributed by atoms with Crippen molar-refractivity contribution in [1.29, 1.82) is 0 Å². The lowest BCUT2D eigenvalue weighted by Gasteiger charge is -2.10. The lowest BCUT2D eigenvalue weighted by atomic mass is 10.2. The van der Waals surface area contributed by atoms with Gasteiger partial charge in [0.25, 0.3) is 0 Å². The van der Waals surface area contributed by atoms with E-state index in [0.717, 1.165) is 16.9 Å². The Bertz CT molecular complexity index is 954. The number of nitrogens with one attached hydrogen (secondary N) is 3. The molecule has 3 aromatic carbocycles. The number of hydrogen-bond acceptors (Lipinski definition) is 4. The highest BCUT2D eigenvalue weighted by Crippen LogP contribution is 2.20. The minimum absolute atomic E-state index is 0.401. The standard InChI is InChI=1S/C21H20N4O2/c1-14-7-12-18(22)19(13-14)25-21(27)20(26)24-17-10-8-16(9-11-17)23-15-5-3-2-4-6-15/h2-13,23H,22H2,1H3,(H,24,26)(H,25,27). The highest BCUT2D eigenvalue weighted by Gasteiger charge is 2.15. The summed E-state index contributed by atoms with van der Waals surface area (Å²) in [5.74, 6) is -1.54. The lowest BCUT2D eigenvalue weighted by Crippen LogP contribution is -2.29. The number of nitrogens with two attached hydrogens (primary N) is 1. The first-order valence-electron chi connectivity index (χ1n) is 8.42. The Morgan fingerprint density at radius 2 is 1.33 bits per heavy atom. The highest BCUT2D eigenvalue weighted by molar-refractivity contribution is 6.43. The van der Waals surface area contributed by atoms with E-state index < -0.39 is 11.8 Å². The third kappa shape index (κ3) is 4.85. The molecule has 6 heteroatoms. The third-order valence-electron chi connectivity index (χ3n) is 3.87. The molecule has 0 aromatic heterocycles. The molecule has 0 heterocycles. The van der Waals surface area contributed by atoms with Gasteiger partial charge in [-0.25, -0.2) is 0 Å². The number of amides is 2. The second-order valence-corrected chi connectivity index (χ2v) is 6.07. The molecule has 136 valence electrons. The van der Waals surface area contributed by atoms with Gasteiger partial charge in [0.2, 0.25) is 0 Å². The number of para-hydroxylation sites is 1. The van der Waals surface area contributed by atoms with Crippen molar-refractivity contribution in [1.82, 2.24) is 0 Å². The molecule has 0 unspecified atom stereocenters. The maximum absolute atomic E-state index is 12.1. The molecule has 0 radical (unpaired) electrons. The Kier molecular flexibility index (Phi) is 5.37. The average molecular weight is 360 g/mol. The second kappa shape index (κ2) is 8.05. The fraction of sp³-hybridized carbons (Fsp3) is 0.0476. The van der Waals surface area contributed by atoms with Gasteiger partial charge in [-0.1, -0.05) is 24.3 Å². The van der Waals surface area contributed by atoms with Crippen LogP contribution in [0.3, 0.4) is 0 Å². The van der Waals surface area contributed by atoms with Gasteiger partial charge in [-0.05, 0) is 61.0 Å². The Balaban J connectivity index is 1.60. The molecule has 0 aliphatic rings. The van der Waals surface area contributed by atoms with Crippen LogP contribution in [0, 0.1) is 6.92 Å². The molecule has 2 amide bonds. The van der Waals surface area contributed by atoms with Crippen molar-refractivity contribution in [2.24, 2.45) is 0 Å². The highest BCUT2D eigenvalue weighted by atomic mass is 16.2. The van der Waals surface area contributed by atoms with E-state index in [2.05, 4.69) is 16.0 Å². The van der Waals surface area contributed by atoms with Crippen LogP contribution in [-0.2, 0) is 9.59 Å². The molecule has 6 nitrogen and oxygen atoms in total. The third-order valence-corrected chi connectivity index (χ3v) is 3.87. The molecule has 0 bridgehead atoms. The molecule has 0 atom stereocenters. The van der Waals surface area contributed by atoms with Crippen LogP contribution >= 0.6 is 0 Å². The molecule has 0 spiro atoms. The summed E-state index contributed by atoms with van der Waals surface area (Å²) >= 11 is 0. The average Bonchev–Trinajstić information content (AvgIpc) is 2.67. The summed E-state index contributed by atoms with van der Waals surface area (Å²) in [5.41, 5.74) is 9.92. The monoisotopic (exact) mass is 360 g/mol. The number of hydrogen-bond donors (Lipinski definition) is 4. The summed E-state index contributed by atoms with van der Waals surface area (Å²) in [6.07, 6.45) is 0. The molecule has 0 aliphatic carbocycles.